The van der Waals surface area contributed by atoms with Gasteiger partial charge in [0.2, 0.25) is 0 Å². The molecule has 122 valence electrons. The normalized spacial score (nSPS) is 38.6. The lowest BCUT2D eigenvalue weighted by molar-refractivity contribution is -0.618. The predicted molar refractivity (Wildman–Crippen MR) is 98.7 cm³/mol. The smallest absolute Gasteiger partial charge is 0.192 e. The summed E-state index contributed by atoms with van der Waals surface area (Å²) in [7, 11) is 0. The largest absolute Gasteiger partial charge is 0.278 e. The Balaban J connectivity index is 1.74. The molecule has 2 aromatic rings. The number of hydrogen-bond donors (Lipinski definition) is 0. The molecule has 3 aliphatic rings. The first-order valence-corrected chi connectivity index (χ1v) is 9.58. The van der Waals surface area contributed by atoms with E-state index >= 15 is 0 Å². The van der Waals surface area contributed by atoms with Gasteiger partial charge in [-0.2, -0.15) is 4.58 Å². The minimum absolute atomic E-state index is 0.471. The van der Waals surface area contributed by atoms with Gasteiger partial charge in [-0.1, -0.05) is 48.5 Å². The molecule has 2 aromatic carbocycles. The topological polar surface area (TPSA) is 3.01 Å². The van der Waals surface area contributed by atoms with Crippen LogP contribution >= 0.6 is 23.2 Å². The van der Waals surface area contributed by atoms with E-state index in [9.17, 15) is 0 Å². The second-order valence-corrected chi connectivity index (χ2v) is 8.33. The fraction of sp³-hybridized carbons (Fsp3) is 0.381. The number of benzene rings is 2. The fourth-order valence-electron chi connectivity index (χ4n) is 5.60. The number of hydrogen-bond acceptors (Lipinski definition) is 0. The summed E-state index contributed by atoms with van der Waals surface area (Å²) in [6, 6.07) is 21.3. The molecule has 0 unspecified atom stereocenters. The monoisotopic (exact) mass is 356 g/mol. The molecule has 2 aliphatic carbocycles. The molecule has 4 bridgehead atoms. The van der Waals surface area contributed by atoms with E-state index in [1.807, 2.05) is 18.2 Å². The first-order valence-electron chi connectivity index (χ1n) is 8.83. The second kappa shape index (κ2) is 5.34. The number of alkyl halides is 1. The molecule has 5 atom stereocenters. The van der Waals surface area contributed by atoms with Gasteiger partial charge in [-0.15, -0.1) is 0 Å². The number of nitrogens with zero attached hydrogens (tertiary/aromatic N) is 1. The van der Waals surface area contributed by atoms with E-state index in [0.29, 0.717) is 17.9 Å². The van der Waals surface area contributed by atoms with Gasteiger partial charge in [0.05, 0.1) is 11.5 Å². The van der Waals surface area contributed by atoms with Crippen LogP contribution in [-0.2, 0) is 5.00 Å². The van der Waals surface area contributed by atoms with Crippen molar-refractivity contribution in [2.45, 2.75) is 30.3 Å². The van der Waals surface area contributed by atoms with Gasteiger partial charge in [0, 0.05) is 17.9 Å². The Kier molecular flexibility index (Phi) is 3.34. The quantitative estimate of drug-likeness (QED) is 0.395. The predicted octanol–water partition coefficient (Wildman–Crippen LogP) is 5.20. The van der Waals surface area contributed by atoms with Crippen molar-refractivity contribution in [1.29, 1.82) is 0 Å². The minimum atomic E-state index is -0.511. The third-order valence-electron chi connectivity index (χ3n) is 6.40. The van der Waals surface area contributed by atoms with Crippen molar-refractivity contribution in [1.82, 2.24) is 0 Å². The third kappa shape index (κ3) is 1.86. The van der Waals surface area contributed by atoms with Crippen LogP contribution in [0, 0.1) is 17.8 Å². The summed E-state index contributed by atoms with van der Waals surface area (Å²) in [6.45, 7) is 0. The Bertz CT molecular complexity index is 801. The van der Waals surface area contributed by atoms with Crippen molar-refractivity contribution in [3.05, 3.63) is 71.8 Å². The molecule has 1 heterocycles. The number of piperidine rings is 1. The Morgan fingerprint density at radius 2 is 1.62 bits per heavy atom. The average Bonchev–Trinajstić information content (AvgIpc) is 3.29. The molecule has 0 aromatic heterocycles. The lowest BCUT2D eigenvalue weighted by atomic mass is 9.85. The molecule has 0 spiro atoms. The van der Waals surface area contributed by atoms with Gasteiger partial charge in [0.25, 0.3) is 10.2 Å². The molecule has 1 aliphatic heterocycles. The minimum Gasteiger partial charge on any atom is -0.192 e. The molecule has 3 fully saturated rings. The Hall–Kier alpha value is -1.31. The molecule has 3 heteroatoms. The highest BCUT2D eigenvalue weighted by Gasteiger charge is 2.73. The molecule has 5 rings (SSSR count). The van der Waals surface area contributed by atoms with Crippen molar-refractivity contribution in [3.8, 4) is 0 Å². The van der Waals surface area contributed by atoms with Crippen LogP contribution in [0.5, 0.6) is 0 Å². The lowest BCUT2D eigenvalue weighted by Crippen LogP contribution is -2.45. The first kappa shape index (κ1) is 15.0. The average molecular weight is 357 g/mol. The Morgan fingerprint density at radius 3 is 2.33 bits per heavy atom. The highest BCUT2D eigenvalue weighted by atomic mass is 35.5. The SMILES string of the molecule is Cl/C(c1ccccc1)=[N+]1/[C@H]2C[C@@H]3CC[C@H]2[C@@H]3[C@@]1(Cl)c1ccccc1. The Labute approximate surface area is 152 Å². The maximum atomic E-state index is 7.45. The van der Waals surface area contributed by atoms with E-state index in [4.69, 9.17) is 23.2 Å². The zero-order chi connectivity index (χ0) is 16.3. The first-order chi connectivity index (χ1) is 11.7. The van der Waals surface area contributed by atoms with Crippen molar-refractivity contribution in [2.24, 2.45) is 17.8 Å². The summed E-state index contributed by atoms with van der Waals surface area (Å²) in [4.78, 5) is -0.511. The summed E-state index contributed by atoms with van der Waals surface area (Å²) in [5, 5.41) is 0.798. The van der Waals surface area contributed by atoms with Gasteiger partial charge < -0.3 is 0 Å². The van der Waals surface area contributed by atoms with Gasteiger partial charge in [-0.3, -0.25) is 0 Å². The third-order valence-corrected chi connectivity index (χ3v) is 7.46. The zero-order valence-corrected chi connectivity index (χ0v) is 14.9. The van der Waals surface area contributed by atoms with Gasteiger partial charge in [-0.05, 0) is 54.1 Å². The summed E-state index contributed by atoms with van der Waals surface area (Å²) in [5.41, 5.74) is 2.24. The summed E-state index contributed by atoms with van der Waals surface area (Å²) in [6.07, 6.45) is 3.85. The van der Waals surface area contributed by atoms with E-state index in [-0.39, 0.29) is 0 Å². The zero-order valence-electron chi connectivity index (χ0n) is 13.4. The Morgan fingerprint density at radius 1 is 0.958 bits per heavy atom. The summed E-state index contributed by atoms with van der Waals surface area (Å²) >= 11 is 14.4. The van der Waals surface area contributed by atoms with Crippen LogP contribution in [0.2, 0.25) is 0 Å². The van der Waals surface area contributed by atoms with Crippen LogP contribution in [-0.4, -0.2) is 15.8 Å². The van der Waals surface area contributed by atoms with Gasteiger partial charge in [0.15, 0.2) is 6.04 Å². The molecular weight excluding hydrogens is 337 g/mol. The molecule has 1 nitrogen and oxygen atoms in total. The molecule has 1 saturated heterocycles. The van der Waals surface area contributed by atoms with Crippen LogP contribution < -0.4 is 0 Å². The maximum Gasteiger partial charge on any atom is 0.278 e. The summed E-state index contributed by atoms with van der Waals surface area (Å²) in [5.74, 6) is 1.92. The van der Waals surface area contributed by atoms with Gasteiger partial charge >= 0.3 is 0 Å². The van der Waals surface area contributed by atoms with E-state index in [1.165, 1.54) is 24.8 Å². The molecule has 0 radical (unpaired) electrons. The molecular formula is C21H20Cl2N+. The van der Waals surface area contributed by atoms with E-state index < -0.39 is 5.00 Å². The standard InChI is InChI=1S/C21H20Cl2N/c22-20(14-7-3-1-4-8-14)24-18-13-15-11-12-17(18)19(15)21(24,23)16-9-5-2-6-10-16/h1-10,15,17-19H,11-13H2/q+1/b24-20-/t15-,17+,18-,19+,21+/m0/s1. The van der Waals surface area contributed by atoms with Crippen molar-refractivity contribution in [2.75, 3.05) is 0 Å². The van der Waals surface area contributed by atoms with Crippen LogP contribution in [0.25, 0.3) is 0 Å². The number of rotatable bonds is 2. The molecule has 0 amide bonds. The molecule has 24 heavy (non-hydrogen) atoms. The summed E-state index contributed by atoms with van der Waals surface area (Å²) < 4.78 is 2.34. The highest BCUT2D eigenvalue weighted by Crippen LogP contribution is 2.66. The molecule has 0 N–H and O–H groups in total. The fourth-order valence-corrected chi connectivity index (χ4v) is 6.70. The van der Waals surface area contributed by atoms with Gasteiger partial charge in [0.1, 0.15) is 0 Å². The van der Waals surface area contributed by atoms with Crippen molar-refractivity contribution >= 4 is 28.4 Å². The molecule has 2 saturated carbocycles. The van der Waals surface area contributed by atoms with E-state index in [1.54, 1.807) is 0 Å². The van der Waals surface area contributed by atoms with E-state index in [2.05, 4.69) is 47.0 Å². The van der Waals surface area contributed by atoms with Gasteiger partial charge in [-0.25, -0.2) is 0 Å². The van der Waals surface area contributed by atoms with Crippen LogP contribution in [0.1, 0.15) is 30.4 Å². The maximum absolute atomic E-state index is 7.45. The second-order valence-electron chi connectivity index (χ2n) is 7.40. The van der Waals surface area contributed by atoms with Crippen molar-refractivity contribution in [3.63, 3.8) is 0 Å². The van der Waals surface area contributed by atoms with Crippen LogP contribution in [0.4, 0.5) is 0 Å². The lowest BCUT2D eigenvalue weighted by Gasteiger charge is -2.33. The van der Waals surface area contributed by atoms with Crippen molar-refractivity contribution < 1.29 is 4.58 Å². The van der Waals surface area contributed by atoms with Crippen LogP contribution in [0.3, 0.4) is 0 Å². The number of halogens is 2. The van der Waals surface area contributed by atoms with Crippen LogP contribution in [0.15, 0.2) is 60.7 Å². The van der Waals surface area contributed by atoms with E-state index in [0.717, 1.165) is 16.7 Å². The highest BCUT2D eigenvalue weighted by molar-refractivity contribution is 6.68.